The Morgan fingerprint density at radius 3 is 2.50 bits per heavy atom. The minimum Gasteiger partial charge on any atom is -0.475 e. The minimum atomic E-state index is -4.42. The fraction of sp³-hybridized carbons (Fsp3) is 0.429. The first-order valence-corrected chi connectivity index (χ1v) is 9.89. The number of aromatic nitrogens is 3. The Hall–Kier alpha value is -2.32. The molecule has 1 aliphatic heterocycles. The van der Waals surface area contributed by atoms with Crippen LogP contribution in [0.15, 0.2) is 42.6 Å². The molecule has 0 atom stereocenters. The lowest BCUT2D eigenvalue weighted by molar-refractivity contribution is -0.137. The van der Waals surface area contributed by atoms with E-state index in [9.17, 15) is 13.2 Å². The Balaban J connectivity index is 0.00000256. The zero-order chi connectivity index (χ0) is 20.3. The quantitative estimate of drug-likeness (QED) is 0.552. The fourth-order valence-electron chi connectivity index (χ4n) is 3.66. The molecule has 0 saturated carbocycles. The Labute approximate surface area is 179 Å². The largest absolute Gasteiger partial charge is 0.475 e. The van der Waals surface area contributed by atoms with Crippen molar-refractivity contribution in [2.75, 3.05) is 26.2 Å². The molecule has 1 aromatic carbocycles. The number of likely N-dealkylation sites (tertiary alicyclic amines) is 1. The van der Waals surface area contributed by atoms with Crippen molar-refractivity contribution >= 4 is 23.4 Å². The maximum atomic E-state index is 13.1. The molecular weight excluding hydrogens is 417 g/mol. The van der Waals surface area contributed by atoms with Crippen LogP contribution in [-0.2, 0) is 6.18 Å². The van der Waals surface area contributed by atoms with Gasteiger partial charge in [0.2, 0.25) is 5.88 Å². The van der Waals surface area contributed by atoms with Gasteiger partial charge in [0, 0.05) is 12.7 Å². The van der Waals surface area contributed by atoms with E-state index in [0.717, 1.165) is 31.8 Å². The molecule has 0 aliphatic carbocycles. The second kappa shape index (κ2) is 9.66. The van der Waals surface area contributed by atoms with E-state index in [-0.39, 0.29) is 12.4 Å². The number of hydrogen-bond donors (Lipinski definition) is 0. The molecule has 0 bridgehead atoms. The van der Waals surface area contributed by atoms with Gasteiger partial charge in [-0.1, -0.05) is 18.9 Å². The van der Waals surface area contributed by atoms with Crippen LogP contribution < -0.4 is 4.74 Å². The molecule has 30 heavy (non-hydrogen) atoms. The summed E-state index contributed by atoms with van der Waals surface area (Å²) >= 11 is 0. The van der Waals surface area contributed by atoms with Crippen LogP contribution in [0.3, 0.4) is 0 Å². The number of benzene rings is 1. The van der Waals surface area contributed by atoms with Gasteiger partial charge in [-0.3, -0.25) is 4.90 Å². The Morgan fingerprint density at radius 2 is 1.77 bits per heavy atom. The molecule has 0 N–H and O–H groups in total. The molecule has 0 radical (unpaired) electrons. The van der Waals surface area contributed by atoms with Gasteiger partial charge >= 0.3 is 6.18 Å². The number of nitrogens with zero attached hydrogens (tertiary/aromatic N) is 4. The minimum absolute atomic E-state index is 0. The lowest BCUT2D eigenvalue weighted by atomic mass is 10.2. The standard InChI is InChI=1S/C21H23F3N4O.ClH/c22-21(23,24)16-7-5-8-17(15-16)28-19-18(9-6-10-25-19)20(26-28)29-14-13-27-11-3-1-2-4-12-27;/h5-10,15H,1-4,11-14H2;1H. The monoisotopic (exact) mass is 440 g/mol. The Bertz CT molecular complexity index is 968. The van der Waals surface area contributed by atoms with Crippen LogP contribution in [0.2, 0.25) is 0 Å². The predicted molar refractivity (Wildman–Crippen MR) is 112 cm³/mol. The van der Waals surface area contributed by atoms with Gasteiger partial charge in [-0.25, -0.2) is 9.67 Å². The van der Waals surface area contributed by atoms with E-state index < -0.39 is 11.7 Å². The number of pyridine rings is 1. The third-order valence-electron chi connectivity index (χ3n) is 5.17. The van der Waals surface area contributed by atoms with Gasteiger partial charge in [-0.15, -0.1) is 17.5 Å². The number of ether oxygens (including phenoxy) is 1. The van der Waals surface area contributed by atoms with Crippen molar-refractivity contribution in [1.82, 2.24) is 19.7 Å². The van der Waals surface area contributed by atoms with Gasteiger partial charge in [-0.2, -0.15) is 13.2 Å². The van der Waals surface area contributed by atoms with Gasteiger partial charge in [0.25, 0.3) is 0 Å². The summed E-state index contributed by atoms with van der Waals surface area (Å²) in [6.45, 7) is 3.43. The molecule has 1 fully saturated rings. The molecule has 162 valence electrons. The zero-order valence-electron chi connectivity index (χ0n) is 16.4. The highest BCUT2D eigenvalue weighted by Crippen LogP contribution is 2.32. The van der Waals surface area contributed by atoms with Gasteiger partial charge in [0.1, 0.15) is 6.61 Å². The molecule has 0 spiro atoms. The van der Waals surface area contributed by atoms with Crippen molar-refractivity contribution < 1.29 is 17.9 Å². The highest BCUT2D eigenvalue weighted by Gasteiger charge is 2.30. The first-order valence-electron chi connectivity index (χ1n) is 9.89. The Morgan fingerprint density at radius 1 is 1.00 bits per heavy atom. The third-order valence-corrected chi connectivity index (χ3v) is 5.17. The van der Waals surface area contributed by atoms with Crippen LogP contribution in [0.1, 0.15) is 31.2 Å². The summed E-state index contributed by atoms with van der Waals surface area (Å²) in [6.07, 6.45) is 2.13. The number of halogens is 4. The number of fused-ring (bicyclic) bond motifs is 1. The van der Waals surface area contributed by atoms with Crippen molar-refractivity contribution in [1.29, 1.82) is 0 Å². The van der Waals surface area contributed by atoms with E-state index in [2.05, 4.69) is 15.0 Å². The third kappa shape index (κ3) is 5.05. The summed E-state index contributed by atoms with van der Waals surface area (Å²) in [5.41, 5.74) is 0.0423. The molecule has 1 aliphatic rings. The van der Waals surface area contributed by atoms with E-state index in [0.29, 0.717) is 29.2 Å². The summed E-state index contributed by atoms with van der Waals surface area (Å²) < 4.78 is 46.6. The second-order valence-corrected chi connectivity index (χ2v) is 7.24. The molecule has 9 heteroatoms. The van der Waals surface area contributed by atoms with Crippen LogP contribution in [-0.4, -0.2) is 45.9 Å². The number of rotatable bonds is 5. The topological polar surface area (TPSA) is 43.2 Å². The van der Waals surface area contributed by atoms with E-state index in [1.165, 1.54) is 36.4 Å². The van der Waals surface area contributed by atoms with Crippen molar-refractivity contribution in [2.45, 2.75) is 31.9 Å². The summed E-state index contributed by atoms with van der Waals surface area (Å²) in [6, 6.07) is 8.65. The molecule has 0 unspecified atom stereocenters. The normalized spacial score (nSPS) is 15.6. The van der Waals surface area contributed by atoms with E-state index in [1.54, 1.807) is 18.3 Å². The average Bonchev–Trinajstić information content (AvgIpc) is 2.88. The average molecular weight is 441 g/mol. The number of alkyl halides is 3. The first-order chi connectivity index (χ1) is 14.0. The van der Waals surface area contributed by atoms with E-state index >= 15 is 0 Å². The molecule has 5 nitrogen and oxygen atoms in total. The van der Waals surface area contributed by atoms with Crippen molar-refractivity contribution in [3.8, 4) is 11.6 Å². The molecular formula is C21H24ClF3N4O. The van der Waals surface area contributed by atoms with Crippen LogP contribution in [0.25, 0.3) is 16.7 Å². The smallest absolute Gasteiger partial charge is 0.416 e. The second-order valence-electron chi connectivity index (χ2n) is 7.24. The van der Waals surface area contributed by atoms with E-state index in [4.69, 9.17) is 4.74 Å². The van der Waals surface area contributed by atoms with E-state index in [1.807, 2.05) is 6.07 Å². The lowest BCUT2D eigenvalue weighted by Crippen LogP contribution is -2.29. The fourth-order valence-corrected chi connectivity index (χ4v) is 3.66. The summed E-state index contributed by atoms with van der Waals surface area (Å²) in [7, 11) is 0. The Kier molecular flexibility index (Phi) is 7.20. The predicted octanol–water partition coefficient (Wildman–Crippen LogP) is 5.12. The number of hydrogen-bond acceptors (Lipinski definition) is 4. The van der Waals surface area contributed by atoms with Crippen molar-refractivity contribution in [3.05, 3.63) is 48.2 Å². The highest BCUT2D eigenvalue weighted by molar-refractivity contribution is 5.85. The molecule has 3 aromatic rings. The van der Waals surface area contributed by atoms with Gasteiger partial charge < -0.3 is 4.74 Å². The molecule has 0 amide bonds. The van der Waals surface area contributed by atoms with Crippen LogP contribution in [0.4, 0.5) is 13.2 Å². The van der Waals surface area contributed by atoms with Gasteiger partial charge in [-0.05, 0) is 56.3 Å². The first kappa shape index (κ1) is 22.4. The van der Waals surface area contributed by atoms with Gasteiger partial charge in [0.15, 0.2) is 5.65 Å². The lowest BCUT2D eigenvalue weighted by Gasteiger charge is -2.19. The molecule has 1 saturated heterocycles. The highest BCUT2D eigenvalue weighted by atomic mass is 35.5. The molecule has 4 rings (SSSR count). The van der Waals surface area contributed by atoms with Gasteiger partial charge in [0.05, 0.1) is 16.6 Å². The van der Waals surface area contributed by atoms with Crippen LogP contribution >= 0.6 is 12.4 Å². The summed E-state index contributed by atoms with van der Waals surface area (Å²) in [4.78, 5) is 6.70. The molecule has 3 heterocycles. The van der Waals surface area contributed by atoms with Crippen LogP contribution in [0.5, 0.6) is 5.88 Å². The van der Waals surface area contributed by atoms with Crippen LogP contribution in [0, 0.1) is 0 Å². The molecule has 2 aromatic heterocycles. The maximum Gasteiger partial charge on any atom is 0.416 e. The SMILES string of the molecule is Cl.FC(F)(F)c1cccc(-n2nc(OCCN3CCCCCC3)c3cccnc32)c1. The van der Waals surface area contributed by atoms with Crippen molar-refractivity contribution in [3.63, 3.8) is 0 Å². The zero-order valence-corrected chi connectivity index (χ0v) is 17.3. The summed E-state index contributed by atoms with van der Waals surface area (Å²) in [5.74, 6) is 0.389. The van der Waals surface area contributed by atoms with Crippen molar-refractivity contribution in [2.24, 2.45) is 0 Å². The summed E-state index contributed by atoms with van der Waals surface area (Å²) in [5, 5.41) is 5.11. The maximum absolute atomic E-state index is 13.1.